The second kappa shape index (κ2) is 5.40. The highest BCUT2D eigenvalue weighted by molar-refractivity contribution is 5.79. The molecular formula is C14H10F2O2. The maximum atomic E-state index is 13.3. The van der Waals surface area contributed by atoms with Gasteiger partial charge < -0.3 is 4.74 Å². The second-order valence-electron chi connectivity index (χ2n) is 3.67. The Morgan fingerprint density at radius 2 is 1.78 bits per heavy atom. The van der Waals surface area contributed by atoms with Crippen molar-refractivity contribution in [3.05, 3.63) is 65.2 Å². The molecule has 2 rings (SSSR count). The SMILES string of the molecule is O=Cc1c(OCc2ccccc2)ccc(F)c1F. The molecule has 0 saturated carbocycles. The lowest BCUT2D eigenvalue weighted by atomic mass is 10.2. The van der Waals surface area contributed by atoms with Crippen molar-refractivity contribution in [2.45, 2.75) is 6.61 Å². The zero-order valence-electron chi connectivity index (χ0n) is 9.40. The van der Waals surface area contributed by atoms with Crippen LogP contribution < -0.4 is 4.74 Å². The summed E-state index contributed by atoms with van der Waals surface area (Å²) in [5.74, 6) is -2.22. The van der Waals surface area contributed by atoms with Crippen molar-refractivity contribution in [1.29, 1.82) is 0 Å². The Balaban J connectivity index is 2.20. The third kappa shape index (κ3) is 2.53. The van der Waals surface area contributed by atoms with Gasteiger partial charge in [-0.1, -0.05) is 30.3 Å². The summed E-state index contributed by atoms with van der Waals surface area (Å²) in [5.41, 5.74) is 0.477. The van der Waals surface area contributed by atoms with Gasteiger partial charge in [0.05, 0.1) is 5.56 Å². The van der Waals surface area contributed by atoms with E-state index in [0.717, 1.165) is 11.6 Å². The lowest BCUT2D eigenvalue weighted by molar-refractivity contribution is 0.111. The lowest BCUT2D eigenvalue weighted by Crippen LogP contribution is -2.01. The van der Waals surface area contributed by atoms with E-state index in [4.69, 9.17) is 4.74 Å². The fraction of sp³-hybridized carbons (Fsp3) is 0.0714. The van der Waals surface area contributed by atoms with Gasteiger partial charge in [0.2, 0.25) is 0 Å². The van der Waals surface area contributed by atoms with Crippen molar-refractivity contribution in [1.82, 2.24) is 0 Å². The van der Waals surface area contributed by atoms with Crippen molar-refractivity contribution in [3.8, 4) is 5.75 Å². The summed E-state index contributed by atoms with van der Waals surface area (Å²) in [6, 6.07) is 11.4. The molecule has 0 unspecified atom stereocenters. The van der Waals surface area contributed by atoms with E-state index in [2.05, 4.69) is 0 Å². The molecule has 0 bridgehead atoms. The average molecular weight is 248 g/mol. The van der Waals surface area contributed by atoms with Crippen molar-refractivity contribution >= 4 is 6.29 Å². The molecule has 0 aliphatic carbocycles. The third-order valence-electron chi connectivity index (χ3n) is 2.45. The molecule has 2 nitrogen and oxygen atoms in total. The smallest absolute Gasteiger partial charge is 0.173 e. The highest BCUT2D eigenvalue weighted by Gasteiger charge is 2.13. The standard InChI is InChI=1S/C14H10F2O2/c15-12-6-7-13(11(8-17)14(12)16)18-9-10-4-2-1-3-5-10/h1-8H,9H2. The van der Waals surface area contributed by atoms with Gasteiger partial charge in [0, 0.05) is 0 Å². The molecule has 0 aromatic heterocycles. The molecule has 0 saturated heterocycles. The highest BCUT2D eigenvalue weighted by Crippen LogP contribution is 2.23. The quantitative estimate of drug-likeness (QED) is 0.775. The topological polar surface area (TPSA) is 26.3 Å². The zero-order chi connectivity index (χ0) is 13.0. The van der Waals surface area contributed by atoms with Crippen LogP contribution in [0.4, 0.5) is 8.78 Å². The monoisotopic (exact) mass is 248 g/mol. The second-order valence-corrected chi connectivity index (χ2v) is 3.67. The number of carbonyl (C=O) groups excluding carboxylic acids is 1. The fourth-order valence-corrected chi connectivity index (χ4v) is 1.52. The molecule has 0 radical (unpaired) electrons. The zero-order valence-corrected chi connectivity index (χ0v) is 9.40. The van der Waals surface area contributed by atoms with Crippen molar-refractivity contribution < 1.29 is 18.3 Å². The summed E-state index contributed by atoms with van der Waals surface area (Å²) in [6.45, 7) is 0.187. The molecule has 2 aromatic carbocycles. The van der Waals surface area contributed by atoms with Crippen LogP contribution in [0, 0.1) is 11.6 Å². The van der Waals surface area contributed by atoms with E-state index in [9.17, 15) is 13.6 Å². The molecule has 18 heavy (non-hydrogen) atoms. The molecule has 2 aromatic rings. The van der Waals surface area contributed by atoms with Gasteiger partial charge in [0.15, 0.2) is 17.9 Å². The van der Waals surface area contributed by atoms with E-state index >= 15 is 0 Å². The van der Waals surface area contributed by atoms with Crippen LogP contribution in [0.25, 0.3) is 0 Å². The van der Waals surface area contributed by atoms with Gasteiger partial charge in [-0.15, -0.1) is 0 Å². The van der Waals surface area contributed by atoms with E-state index in [1.807, 2.05) is 30.3 Å². The van der Waals surface area contributed by atoms with Gasteiger partial charge in [0.1, 0.15) is 12.4 Å². The van der Waals surface area contributed by atoms with Gasteiger partial charge in [-0.05, 0) is 17.7 Å². The molecule has 0 spiro atoms. The van der Waals surface area contributed by atoms with E-state index in [0.29, 0.717) is 0 Å². The minimum absolute atomic E-state index is 0.0350. The van der Waals surface area contributed by atoms with E-state index in [-0.39, 0.29) is 18.6 Å². The normalized spacial score (nSPS) is 10.1. The number of hydrogen-bond donors (Lipinski definition) is 0. The molecular weight excluding hydrogens is 238 g/mol. The van der Waals surface area contributed by atoms with Crippen LogP contribution in [-0.4, -0.2) is 6.29 Å². The van der Waals surface area contributed by atoms with Crippen molar-refractivity contribution in [2.75, 3.05) is 0 Å². The summed E-state index contributed by atoms with van der Waals surface area (Å²) in [6.07, 6.45) is 0.249. The Labute approximate surface area is 103 Å². The molecule has 0 atom stereocenters. The Hall–Kier alpha value is -2.23. The van der Waals surface area contributed by atoms with Crippen molar-refractivity contribution in [3.63, 3.8) is 0 Å². The fourth-order valence-electron chi connectivity index (χ4n) is 1.52. The molecule has 0 aliphatic heterocycles. The highest BCUT2D eigenvalue weighted by atomic mass is 19.2. The van der Waals surface area contributed by atoms with Crippen LogP contribution in [0.15, 0.2) is 42.5 Å². The Kier molecular flexibility index (Phi) is 3.67. The predicted octanol–water partition coefficient (Wildman–Crippen LogP) is 3.36. The summed E-state index contributed by atoms with van der Waals surface area (Å²) in [7, 11) is 0. The van der Waals surface area contributed by atoms with Gasteiger partial charge in [-0.25, -0.2) is 8.78 Å². The lowest BCUT2D eigenvalue weighted by Gasteiger charge is -2.09. The van der Waals surface area contributed by atoms with E-state index < -0.39 is 17.2 Å². The van der Waals surface area contributed by atoms with Crippen LogP contribution >= 0.6 is 0 Å². The number of aldehydes is 1. The largest absolute Gasteiger partial charge is 0.488 e. The number of rotatable bonds is 4. The first-order valence-electron chi connectivity index (χ1n) is 5.32. The van der Waals surface area contributed by atoms with Gasteiger partial charge in [-0.2, -0.15) is 0 Å². The number of ether oxygens (including phenoxy) is 1. The summed E-state index contributed by atoms with van der Waals surface area (Å²) in [4.78, 5) is 10.7. The molecule has 92 valence electrons. The number of benzene rings is 2. The van der Waals surface area contributed by atoms with Crippen LogP contribution in [0.2, 0.25) is 0 Å². The van der Waals surface area contributed by atoms with Gasteiger partial charge >= 0.3 is 0 Å². The van der Waals surface area contributed by atoms with E-state index in [1.165, 1.54) is 6.07 Å². The summed E-state index contributed by atoms with van der Waals surface area (Å²) < 4.78 is 31.5. The molecule has 0 fully saturated rings. The minimum atomic E-state index is -1.18. The summed E-state index contributed by atoms with van der Waals surface area (Å²) >= 11 is 0. The van der Waals surface area contributed by atoms with Crippen LogP contribution in [0.1, 0.15) is 15.9 Å². The first-order valence-corrected chi connectivity index (χ1v) is 5.32. The van der Waals surface area contributed by atoms with Crippen molar-refractivity contribution in [2.24, 2.45) is 0 Å². The molecule has 4 heteroatoms. The number of halogens is 2. The minimum Gasteiger partial charge on any atom is -0.488 e. The Morgan fingerprint density at radius 1 is 1.06 bits per heavy atom. The molecule has 0 N–H and O–H groups in total. The van der Waals surface area contributed by atoms with Gasteiger partial charge in [-0.3, -0.25) is 4.79 Å². The maximum Gasteiger partial charge on any atom is 0.173 e. The maximum absolute atomic E-state index is 13.3. The number of hydrogen-bond acceptors (Lipinski definition) is 2. The average Bonchev–Trinajstić information content (AvgIpc) is 2.41. The third-order valence-corrected chi connectivity index (χ3v) is 2.45. The first kappa shape index (κ1) is 12.2. The molecule has 0 heterocycles. The summed E-state index contributed by atoms with van der Waals surface area (Å²) in [5, 5.41) is 0. The van der Waals surface area contributed by atoms with Crippen LogP contribution in [0.3, 0.4) is 0 Å². The first-order chi connectivity index (χ1) is 8.72. The molecule has 0 aliphatic rings. The Morgan fingerprint density at radius 3 is 2.44 bits per heavy atom. The van der Waals surface area contributed by atoms with Gasteiger partial charge in [0.25, 0.3) is 0 Å². The van der Waals surface area contributed by atoms with Crippen LogP contribution in [-0.2, 0) is 6.61 Å². The number of carbonyl (C=O) groups is 1. The van der Waals surface area contributed by atoms with E-state index in [1.54, 1.807) is 0 Å². The van der Waals surface area contributed by atoms with Crippen LogP contribution in [0.5, 0.6) is 5.75 Å². The Bertz CT molecular complexity index is 553. The molecule has 0 amide bonds. The predicted molar refractivity (Wildman–Crippen MR) is 62.5 cm³/mol.